The fourth-order valence-electron chi connectivity index (χ4n) is 3.52. The summed E-state index contributed by atoms with van der Waals surface area (Å²) in [4.78, 5) is 25.4. The second kappa shape index (κ2) is 8.96. The highest BCUT2D eigenvalue weighted by Gasteiger charge is 2.23. The predicted octanol–water partition coefficient (Wildman–Crippen LogP) is 2.86. The average Bonchev–Trinajstić information content (AvgIpc) is 2.81. The van der Waals surface area contributed by atoms with Gasteiger partial charge in [0.15, 0.2) is 0 Å². The molecule has 2 aromatic carbocycles. The van der Waals surface area contributed by atoms with Gasteiger partial charge in [0.2, 0.25) is 5.95 Å². The number of aryl methyl sites for hydroxylation is 2. The third kappa shape index (κ3) is 4.72. The van der Waals surface area contributed by atoms with Gasteiger partial charge < -0.3 is 9.80 Å². The van der Waals surface area contributed by atoms with Gasteiger partial charge in [-0.05, 0) is 67.4 Å². The Morgan fingerprint density at radius 1 is 0.906 bits per heavy atom. The molecule has 3 aromatic rings. The molecule has 1 amide bonds. The van der Waals surface area contributed by atoms with Gasteiger partial charge in [-0.2, -0.15) is 0 Å². The third-order valence-corrected chi connectivity index (χ3v) is 6.95. The molecular weight excluding hydrogens is 426 g/mol. The summed E-state index contributed by atoms with van der Waals surface area (Å²) in [5.41, 5.74) is 2.87. The molecule has 0 bridgehead atoms. The Morgan fingerprint density at radius 3 is 2.19 bits per heavy atom. The number of nitrogens with zero attached hydrogens (tertiary/aromatic N) is 4. The Bertz CT molecular complexity index is 1210. The van der Waals surface area contributed by atoms with Crippen LogP contribution in [0, 0.1) is 13.8 Å². The van der Waals surface area contributed by atoms with Gasteiger partial charge >= 0.3 is 0 Å². The Hall–Kier alpha value is -3.46. The fraction of sp³-hybridized carbons (Fsp3) is 0.261. The first-order valence-corrected chi connectivity index (χ1v) is 11.8. The number of benzene rings is 2. The maximum absolute atomic E-state index is 12.9. The molecule has 2 heterocycles. The van der Waals surface area contributed by atoms with Crippen LogP contribution >= 0.6 is 0 Å². The van der Waals surface area contributed by atoms with Crippen LogP contribution in [0.5, 0.6) is 0 Å². The van der Waals surface area contributed by atoms with E-state index in [2.05, 4.69) is 19.6 Å². The van der Waals surface area contributed by atoms with Crippen LogP contribution in [-0.2, 0) is 10.0 Å². The van der Waals surface area contributed by atoms with E-state index in [4.69, 9.17) is 0 Å². The molecule has 0 unspecified atom stereocenters. The molecule has 0 radical (unpaired) electrons. The number of hydrogen-bond donors (Lipinski definition) is 1. The Balaban J connectivity index is 1.39. The standard InChI is InChI=1S/C23H25N5O3S/c1-17-4-9-21(16-18(17)2)32(30,31)26-20-7-5-19(6-8-20)22(29)27-12-14-28(15-13-27)23-24-10-3-11-25-23/h3-11,16,26H,12-15H2,1-2H3. The van der Waals surface area contributed by atoms with Crippen molar-refractivity contribution in [3.63, 3.8) is 0 Å². The first-order valence-electron chi connectivity index (χ1n) is 10.3. The normalized spacial score (nSPS) is 14.3. The topological polar surface area (TPSA) is 95.5 Å². The van der Waals surface area contributed by atoms with Gasteiger partial charge in [-0.15, -0.1) is 0 Å². The third-order valence-electron chi connectivity index (χ3n) is 5.57. The minimum absolute atomic E-state index is 0.0813. The van der Waals surface area contributed by atoms with Gasteiger partial charge in [0.05, 0.1) is 4.90 Å². The van der Waals surface area contributed by atoms with Crippen molar-refractivity contribution in [1.29, 1.82) is 0 Å². The lowest BCUT2D eigenvalue weighted by Gasteiger charge is -2.34. The van der Waals surface area contributed by atoms with Crippen LogP contribution in [0.1, 0.15) is 21.5 Å². The molecule has 8 nitrogen and oxygen atoms in total. The summed E-state index contributed by atoms with van der Waals surface area (Å²) in [5, 5.41) is 0. The first kappa shape index (κ1) is 21.8. The number of nitrogens with one attached hydrogen (secondary N) is 1. The van der Waals surface area contributed by atoms with E-state index in [9.17, 15) is 13.2 Å². The summed E-state index contributed by atoms with van der Waals surface area (Å²) in [6.07, 6.45) is 3.41. The maximum atomic E-state index is 12.9. The Morgan fingerprint density at radius 2 is 1.56 bits per heavy atom. The lowest BCUT2D eigenvalue weighted by Crippen LogP contribution is -2.49. The number of hydrogen-bond acceptors (Lipinski definition) is 6. The monoisotopic (exact) mass is 451 g/mol. The van der Waals surface area contributed by atoms with Crippen LogP contribution in [0.4, 0.5) is 11.6 Å². The molecule has 1 fully saturated rings. The molecule has 0 atom stereocenters. The zero-order valence-electron chi connectivity index (χ0n) is 18.0. The summed E-state index contributed by atoms with van der Waals surface area (Å²) in [7, 11) is -3.70. The second-order valence-corrected chi connectivity index (χ2v) is 9.44. The SMILES string of the molecule is Cc1ccc(S(=O)(=O)Nc2ccc(C(=O)N3CCN(c4ncccn4)CC3)cc2)cc1C. The van der Waals surface area contributed by atoms with E-state index in [-0.39, 0.29) is 10.8 Å². The average molecular weight is 452 g/mol. The van der Waals surface area contributed by atoms with Crippen molar-refractivity contribution in [3.8, 4) is 0 Å². The van der Waals surface area contributed by atoms with E-state index in [0.29, 0.717) is 43.4 Å². The largest absolute Gasteiger partial charge is 0.337 e. The Kier molecular flexibility index (Phi) is 6.09. The highest BCUT2D eigenvalue weighted by atomic mass is 32.2. The molecular formula is C23H25N5O3S. The van der Waals surface area contributed by atoms with E-state index in [0.717, 1.165) is 11.1 Å². The number of piperazine rings is 1. The van der Waals surface area contributed by atoms with Crippen LogP contribution in [0.3, 0.4) is 0 Å². The molecule has 1 aromatic heterocycles. The van der Waals surface area contributed by atoms with E-state index in [1.54, 1.807) is 65.8 Å². The van der Waals surface area contributed by atoms with Crippen LogP contribution in [0.15, 0.2) is 65.8 Å². The van der Waals surface area contributed by atoms with Crippen molar-refractivity contribution >= 4 is 27.6 Å². The van der Waals surface area contributed by atoms with Gasteiger partial charge in [-0.1, -0.05) is 6.07 Å². The molecule has 0 spiro atoms. The van der Waals surface area contributed by atoms with Crippen LogP contribution in [0.25, 0.3) is 0 Å². The lowest BCUT2D eigenvalue weighted by atomic mass is 10.1. The summed E-state index contributed by atoms with van der Waals surface area (Å²) >= 11 is 0. The highest BCUT2D eigenvalue weighted by molar-refractivity contribution is 7.92. The zero-order valence-corrected chi connectivity index (χ0v) is 18.8. The summed E-state index contributed by atoms with van der Waals surface area (Å²) in [6.45, 7) is 6.26. The van der Waals surface area contributed by atoms with Crippen LogP contribution < -0.4 is 9.62 Å². The molecule has 1 N–H and O–H groups in total. The molecule has 1 aliphatic rings. The number of amides is 1. The smallest absolute Gasteiger partial charge is 0.261 e. The van der Waals surface area contributed by atoms with Crippen molar-refractivity contribution in [2.24, 2.45) is 0 Å². The highest BCUT2D eigenvalue weighted by Crippen LogP contribution is 2.20. The van der Waals surface area contributed by atoms with Gasteiger partial charge in [-0.3, -0.25) is 9.52 Å². The molecule has 1 saturated heterocycles. The van der Waals surface area contributed by atoms with Gasteiger partial charge in [0.1, 0.15) is 0 Å². The number of rotatable bonds is 5. The number of anilines is 2. The van der Waals surface area contributed by atoms with Crippen LogP contribution in [0.2, 0.25) is 0 Å². The first-order chi connectivity index (χ1) is 15.3. The molecule has 0 aliphatic carbocycles. The van der Waals surface area contributed by atoms with Crippen LogP contribution in [-0.4, -0.2) is 55.4 Å². The summed E-state index contributed by atoms with van der Waals surface area (Å²) < 4.78 is 27.9. The van der Waals surface area contributed by atoms with Gasteiger partial charge in [0.25, 0.3) is 15.9 Å². The number of sulfonamides is 1. The lowest BCUT2D eigenvalue weighted by molar-refractivity contribution is 0.0746. The van der Waals surface area contributed by atoms with Gasteiger partial charge in [-0.25, -0.2) is 18.4 Å². The molecule has 9 heteroatoms. The van der Waals surface area contributed by atoms with E-state index in [1.165, 1.54) is 0 Å². The molecule has 0 saturated carbocycles. The predicted molar refractivity (Wildman–Crippen MR) is 123 cm³/mol. The minimum Gasteiger partial charge on any atom is -0.337 e. The number of aromatic nitrogens is 2. The fourth-order valence-corrected chi connectivity index (χ4v) is 4.67. The second-order valence-electron chi connectivity index (χ2n) is 7.76. The zero-order chi connectivity index (χ0) is 22.7. The van der Waals surface area contributed by atoms with Crippen molar-refractivity contribution in [2.75, 3.05) is 35.8 Å². The molecule has 1 aliphatic heterocycles. The van der Waals surface area contributed by atoms with Crippen molar-refractivity contribution in [3.05, 3.63) is 77.6 Å². The number of carbonyl (C=O) groups is 1. The molecule has 32 heavy (non-hydrogen) atoms. The maximum Gasteiger partial charge on any atom is 0.261 e. The minimum atomic E-state index is -3.70. The molecule has 4 rings (SSSR count). The van der Waals surface area contributed by atoms with Crippen molar-refractivity contribution in [2.45, 2.75) is 18.7 Å². The Labute approximate surface area is 188 Å². The summed E-state index contributed by atoms with van der Waals surface area (Å²) in [5.74, 6) is 0.585. The van der Waals surface area contributed by atoms with Crippen molar-refractivity contribution < 1.29 is 13.2 Å². The quantitative estimate of drug-likeness (QED) is 0.641. The van der Waals surface area contributed by atoms with E-state index < -0.39 is 10.0 Å². The van der Waals surface area contributed by atoms with E-state index in [1.807, 2.05) is 13.8 Å². The molecule has 166 valence electrons. The number of carbonyl (C=O) groups excluding carboxylic acids is 1. The van der Waals surface area contributed by atoms with Gasteiger partial charge in [0, 0.05) is 49.8 Å². The van der Waals surface area contributed by atoms with E-state index >= 15 is 0 Å². The summed E-state index contributed by atoms with van der Waals surface area (Å²) in [6, 6.07) is 13.3. The van der Waals surface area contributed by atoms with Crippen molar-refractivity contribution in [1.82, 2.24) is 14.9 Å².